The molecule has 5 N–H and O–H groups in total. The molecule has 76 valence electrons. The minimum atomic E-state index is 0.310. The molecule has 0 amide bonds. The van der Waals surface area contributed by atoms with Crippen molar-refractivity contribution < 1.29 is 0 Å². The molecule has 1 aliphatic rings. The number of aliphatic imine (C=N–C) groups is 1. The SMILES string of the molecule is CCN1CCCC(N=C(N)NN)C1. The molecular weight excluding hydrogens is 166 g/mol. The van der Waals surface area contributed by atoms with Gasteiger partial charge < -0.3 is 10.6 Å². The summed E-state index contributed by atoms with van der Waals surface area (Å²) in [5.41, 5.74) is 7.84. The number of guanidine groups is 1. The highest BCUT2D eigenvalue weighted by atomic mass is 15.3. The van der Waals surface area contributed by atoms with Crippen molar-refractivity contribution in [1.29, 1.82) is 0 Å². The van der Waals surface area contributed by atoms with Gasteiger partial charge in [0.2, 0.25) is 5.96 Å². The Hall–Kier alpha value is -0.810. The maximum absolute atomic E-state index is 5.49. The highest BCUT2D eigenvalue weighted by Crippen LogP contribution is 2.12. The summed E-state index contributed by atoms with van der Waals surface area (Å²) in [5, 5.41) is 0. The Bertz CT molecular complexity index is 179. The maximum atomic E-state index is 5.49. The third kappa shape index (κ3) is 3.20. The molecule has 1 rings (SSSR count). The van der Waals surface area contributed by atoms with Gasteiger partial charge in [-0.1, -0.05) is 6.92 Å². The van der Waals surface area contributed by atoms with E-state index in [0.717, 1.165) is 19.5 Å². The van der Waals surface area contributed by atoms with Crippen LogP contribution in [0.15, 0.2) is 4.99 Å². The van der Waals surface area contributed by atoms with Gasteiger partial charge in [-0.15, -0.1) is 0 Å². The first-order valence-electron chi connectivity index (χ1n) is 4.78. The number of hydrogen-bond donors (Lipinski definition) is 3. The number of nitrogens with zero attached hydrogens (tertiary/aromatic N) is 2. The predicted molar refractivity (Wildman–Crippen MR) is 54.1 cm³/mol. The second-order valence-electron chi connectivity index (χ2n) is 3.35. The lowest BCUT2D eigenvalue weighted by molar-refractivity contribution is 0.220. The molecule has 1 unspecified atom stereocenters. The molecule has 0 aliphatic carbocycles. The van der Waals surface area contributed by atoms with Crippen molar-refractivity contribution in [1.82, 2.24) is 10.3 Å². The monoisotopic (exact) mass is 185 g/mol. The fourth-order valence-electron chi connectivity index (χ4n) is 1.66. The molecule has 0 aromatic heterocycles. The number of hydrogen-bond acceptors (Lipinski definition) is 3. The summed E-state index contributed by atoms with van der Waals surface area (Å²) < 4.78 is 0. The van der Waals surface area contributed by atoms with Gasteiger partial charge in [0, 0.05) is 6.54 Å². The lowest BCUT2D eigenvalue weighted by Crippen LogP contribution is -2.42. The highest BCUT2D eigenvalue weighted by molar-refractivity contribution is 5.77. The second-order valence-corrected chi connectivity index (χ2v) is 3.35. The van der Waals surface area contributed by atoms with Crippen LogP contribution in [0.25, 0.3) is 0 Å². The topological polar surface area (TPSA) is 79.7 Å². The Morgan fingerprint density at radius 2 is 2.46 bits per heavy atom. The fraction of sp³-hybridized carbons (Fsp3) is 0.875. The first-order valence-corrected chi connectivity index (χ1v) is 4.78. The lowest BCUT2D eigenvalue weighted by atomic mass is 10.1. The quantitative estimate of drug-likeness (QED) is 0.229. The smallest absolute Gasteiger partial charge is 0.203 e. The van der Waals surface area contributed by atoms with E-state index < -0.39 is 0 Å². The molecule has 1 saturated heterocycles. The van der Waals surface area contributed by atoms with Crippen LogP contribution in [0.2, 0.25) is 0 Å². The zero-order valence-electron chi connectivity index (χ0n) is 8.16. The van der Waals surface area contributed by atoms with E-state index in [4.69, 9.17) is 11.6 Å². The molecule has 0 aromatic carbocycles. The summed E-state index contributed by atoms with van der Waals surface area (Å²) in [4.78, 5) is 6.65. The Morgan fingerprint density at radius 1 is 1.69 bits per heavy atom. The summed E-state index contributed by atoms with van der Waals surface area (Å²) >= 11 is 0. The highest BCUT2D eigenvalue weighted by Gasteiger charge is 2.17. The van der Waals surface area contributed by atoms with E-state index in [0.29, 0.717) is 12.0 Å². The third-order valence-corrected chi connectivity index (χ3v) is 2.40. The molecule has 1 fully saturated rings. The first kappa shape index (κ1) is 10.3. The van der Waals surface area contributed by atoms with Gasteiger partial charge in [0.1, 0.15) is 0 Å². The zero-order chi connectivity index (χ0) is 9.68. The Kier molecular flexibility index (Phi) is 3.98. The van der Waals surface area contributed by atoms with Crippen molar-refractivity contribution in [3.63, 3.8) is 0 Å². The standard InChI is InChI=1S/C8H19N5/c1-2-13-5-3-4-7(6-13)11-8(9)12-10/h7H,2-6,10H2,1H3,(H3,9,11,12). The molecule has 1 aliphatic heterocycles. The van der Waals surface area contributed by atoms with E-state index in [1.54, 1.807) is 0 Å². The fourth-order valence-corrected chi connectivity index (χ4v) is 1.66. The minimum Gasteiger partial charge on any atom is -0.369 e. The van der Waals surface area contributed by atoms with Gasteiger partial charge in [0.25, 0.3) is 0 Å². The van der Waals surface area contributed by atoms with Crippen molar-refractivity contribution >= 4 is 5.96 Å². The lowest BCUT2D eigenvalue weighted by Gasteiger charge is -2.29. The van der Waals surface area contributed by atoms with E-state index in [1.807, 2.05) is 0 Å². The predicted octanol–water partition coefficient (Wildman–Crippen LogP) is -0.751. The molecule has 1 atom stereocenters. The van der Waals surface area contributed by atoms with Crippen LogP contribution in [-0.4, -0.2) is 36.5 Å². The number of nitrogens with two attached hydrogens (primary N) is 2. The summed E-state index contributed by atoms with van der Waals surface area (Å²) in [6, 6.07) is 0.310. The van der Waals surface area contributed by atoms with E-state index in [-0.39, 0.29) is 0 Å². The molecule has 5 nitrogen and oxygen atoms in total. The average molecular weight is 185 g/mol. The normalized spacial score (nSPS) is 26.0. The van der Waals surface area contributed by atoms with Crippen molar-refractivity contribution in [3.8, 4) is 0 Å². The van der Waals surface area contributed by atoms with E-state index in [9.17, 15) is 0 Å². The molecule has 0 bridgehead atoms. The third-order valence-electron chi connectivity index (χ3n) is 2.40. The summed E-state index contributed by atoms with van der Waals surface area (Å²) in [5.74, 6) is 5.47. The number of rotatable bonds is 2. The summed E-state index contributed by atoms with van der Waals surface area (Å²) in [6.45, 7) is 5.43. The van der Waals surface area contributed by atoms with Crippen molar-refractivity contribution in [2.75, 3.05) is 19.6 Å². The molecule has 1 heterocycles. The number of likely N-dealkylation sites (N-methyl/N-ethyl adjacent to an activating group) is 1. The van der Waals surface area contributed by atoms with Gasteiger partial charge in [-0.3, -0.25) is 5.43 Å². The molecule has 0 saturated carbocycles. The van der Waals surface area contributed by atoms with Crippen molar-refractivity contribution in [2.24, 2.45) is 16.6 Å². The number of nitrogens with one attached hydrogen (secondary N) is 1. The van der Waals surface area contributed by atoms with Gasteiger partial charge in [0.05, 0.1) is 6.04 Å². The van der Waals surface area contributed by atoms with Crippen LogP contribution in [0.4, 0.5) is 0 Å². The zero-order valence-corrected chi connectivity index (χ0v) is 8.16. The molecule has 5 heteroatoms. The number of piperidine rings is 1. The number of likely N-dealkylation sites (tertiary alicyclic amines) is 1. The minimum absolute atomic E-state index is 0.310. The van der Waals surface area contributed by atoms with E-state index >= 15 is 0 Å². The largest absolute Gasteiger partial charge is 0.369 e. The van der Waals surface area contributed by atoms with Crippen LogP contribution in [-0.2, 0) is 0 Å². The molecule has 0 radical (unpaired) electrons. The van der Waals surface area contributed by atoms with Crippen molar-refractivity contribution in [3.05, 3.63) is 0 Å². The van der Waals surface area contributed by atoms with Crippen LogP contribution >= 0.6 is 0 Å². The Labute approximate surface area is 79.1 Å². The van der Waals surface area contributed by atoms with Gasteiger partial charge >= 0.3 is 0 Å². The van der Waals surface area contributed by atoms with Crippen LogP contribution < -0.4 is 17.0 Å². The van der Waals surface area contributed by atoms with Crippen LogP contribution in [0, 0.1) is 0 Å². The second kappa shape index (κ2) is 5.04. The van der Waals surface area contributed by atoms with Gasteiger partial charge in [-0.05, 0) is 25.9 Å². The van der Waals surface area contributed by atoms with Crippen molar-refractivity contribution in [2.45, 2.75) is 25.8 Å². The Balaban J connectivity index is 2.42. The Morgan fingerprint density at radius 3 is 3.08 bits per heavy atom. The van der Waals surface area contributed by atoms with Gasteiger partial charge in [0.15, 0.2) is 0 Å². The van der Waals surface area contributed by atoms with E-state index in [2.05, 4.69) is 22.2 Å². The average Bonchev–Trinajstić information content (AvgIpc) is 2.18. The van der Waals surface area contributed by atoms with E-state index in [1.165, 1.54) is 13.0 Å². The van der Waals surface area contributed by atoms with Gasteiger partial charge in [-0.25, -0.2) is 10.8 Å². The van der Waals surface area contributed by atoms with Crippen LogP contribution in [0.5, 0.6) is 0 Å². The first-order chi connectivity index (χ1) is 6.26. The molecule has 0 spiro atoms. The molecule has 0 aromatic rings. The number of hydrazine groups is 1. The summed E-state index contributed by atoms with van der Waals surface area (Å²) in [7, 11) is 0. The molecular formula is C8H19N5. The molecule has 13 heavy (non-hydrogen) atoms. The summed E-state index contributed by atoms with van der Waals surface area (Å²) in [6.07, 6.45) is 2.30. The van der Waals surface area contributed by atoms with Crippen LogP contribution in [0.3, 0.4) is 0 Å². The van der Waals surface area contributed by atoms with Gasteiger partial charge in [-0.2, -0.15) is 0 Å². The van der Waals surface area contributed by atoms with Crippen LogP contribution in [0.1, 0.15) is 19.8 Å². The maximum Gasteiger partial charge on any atom is 0.203 e.